The molecule has 16 heavy (non-hydrogen) atoms. The standard InChI is InChI=1S/C12H21NO3/c1-12(2,3)16-11(14)13-7-5-4-6-9(13)10-8-15-10/h9-10H,4-8H2,1-3H3/t9?,10-/m1/s1. The molecule has 2 atom stereocenters. The quantitative estimate of drug-likeness (QED) is 0.645. The lowest BCUT2D eigenvalue weighted by atomic mass is 10.0. The van der Waals surface area contributed by atoms with Gasteiger partial charge in [-0.3, -0.25) is 0 Å². The lowest BCUT2D eigenvalue weighted by Gasteiger charge is -2.36. The van der Waals surface area contributed by atoms with Crippen molar-refractivity contribution in [2.45, 2.75) is 57.8 Å². The summed E-state index contributed by atoms with van der Waals surface area (Å²) in [5, 5.41) is 0. The van der Waals surface area contributed by atoms with E-state index < -0.39 is 5.60 Å². The van der Waals surface area contributed by atoms with Crippen LogP contribution in [-0.2, 0) is 9.47 Å². The van der Waals surface area contributed by atoms with E-state index in [2.05, 4.69) is 0 Å². The van der Waals surface area contributed by atoms with Crippen molar-refractivity contribution >= 4 is 6.09 Å². The van der Waals surface area contributed by atoms with Gasteiger partial charge in [-0.1, -0.05) is 0 Å². The van der Waals surface area contributed by atoms with Gasteiger partial charge in [0.05, 0.1) is 12.6 Å². The van der Waals surface area contributed by atoms with E-state index in [1.54, 1.807) is 0 Å². The third-order valence-electron chi connectivity index (χ3n) is 2.97. The van der Waals surface area contributed by atoms with Crippen LogP contribution < -0.4 is 0 Å². The van der Waals surface area contributed by atoms with Gasteiger partial charge in [-0.25, -0.2) is 4.79 Å². The van der Waals surface area contributed by atoms with Crippen molar-refractivity contribution in [3.8, 4) is 0 Å². The van der Waals surface area contributed by atoms with Gasteiger partial charge in [0.1, 0.15) is 11.7 Å². The van der Waals surface area contributed by atoms with Crippen molar-refractivity contribution in [1.82, 2.24) is 4.90 Å². The monoisotopic (exact) mass is 227 g/mol. The van der Waals surface area contributed by atoms with Gasteiger partial charge in [-0.15, -0.1) is 0 Å². The van der Waals surface area contributed by atoms with Crippen LogP contribution in [0.2, 0.25) is 0 Å². The fraction of sp³-hybridized carbons (Fsp3) is 0.917. The van der Waals surface area contributed by atoms with Crippen LogP contribution in [0.5, 0.6) is 0 Å². The number of ether oxygens (including phenoxy) is 2. The second-order valence-electron chi connectivity index (χ2n) is 5.61. The molecule has 0 bridgehead atoms. The van der Waals surface area contributed by atoms with Crippen LogP contribution in [-0.4, -0.2) is 41.9 Å². The molecule has 0 aromatic heterocycles. The van der Waals surface area contributed by atoms with Crippen LogP contribution in [0.4, 0.5) is 4.79 Å². The first-order chi connectivity index (χ1) is 7.47. The van der Waals surface area contributed by atoms with Crippen LogP contribution in [0.15, 0.2) is 0 Å². The lowest BCUT2D eigenvalue weighted by Crippen LogP contribution is -2.48. The maximum atomic E-state index is 12.0. The maximum absolute atomic E-state index is 12.0. The molecule has 2 aliphatic rings. The number of hydrogen-bond acceptors (Lipinski definition) is 3. The zero-order valence-corrected chi connectivity index (χ0v) is 10.4. The molecule has 2 saturated heterocycles. The van der Waals surface area contributed by atoms with Crippen LogP contribution in [0.25, 0.3) is 0 Å². The predicted molar refractivity (Wildman–Crippen MR) is 60.3 cm³/mol. The SMILES string of the molecule is CC(C)(C)OC(=O)N1CCCCC1[C@H]1CO1. The molecular formula is C12H21NO3. The first kappa shape index (κ1) is 11.7. The van der Waals surface area contributed by atoms with E-state index in [1.165, 1.54) is 6.42 Å². The molecule has 2 aliphatic heterocycles. The molecular weight excluding hydrogens is 206 g/mol. The van der Waals surface area contributed by atoms with E-state index in [0.29, 0.717) is 0 Å². The minimum atomic E-state index is -0.413. The van der Waals surface area contributed by atoms with Gasteiger partial charge < -0.3 is 14.4 Å². The molecule has 2 rings (SSSR count). The largest absolute Gasteiger partial charge is 0.444 e. The molecule has 0 aromatic carbocycles. The van der Waals surface area contributed by atoms with E-state index in [0.717, 1.165) is 26.0 Å². The first-order valence-electron chi connectivity index (χ1n) is 6.08. The molecule has 2 heterocycles. The molecule has 92 valence electrons. The van der Waals surface area contributed by atoms with Gasteiger partial charge in [0.2, 0.25) is 0 Å². The summed E-state index contributed by atoms with van der Waals surface area (Å²) in [6.07, 6.45) is 3.37. The molecule has 0 N–H and O–H groups in total. The summed E-state index contributed by atoms with van der Waals surface area (Å²) >= 11 is 0. The minimum absolute atomic E-state index is 0.187. The smallest absolute Gasteiger partial charge is 0.410 e. The van der Waals surface area contributed by atoms with E-state index in [1.807, 2.05) is 25.7 Å². The Labute approximate surface area is 96.9 Å². The van der Waals surface area contributed by atoms with Gasteiger partial charge in [0, 0.05) is 6.54 Å². The summed E-state index contributed by atoms with van der Waals surface area (Å²) < 4.78 is 10.7. The van der Waals surface area contributed by atoms with E-state index in [4.69, 9.17) is 9.47 Å². The fourth-order valence-electron chi connectivity index (χ4n) is 2.17. The van der Waals surface area contributed by atoms with Crippen molar-refractivity contribution in [2.24, 2.45) is 0 Å². The van der Waals surface area contributed by atoms with Gasteiger partial charge in [-0.05, 0) is 40.0 Å². The van der Waals surface area contributed by atoms with Gasteiger partial charge in [0.15, 0.2) is 0 Å². The van der Waals surface area contributed by atoms with Gasteiger partial charge in [0.25, 0.3) is 0 Å². The van der Waals surface area contributed by atoms with Crippen molar-refractivity contribution in [2.75, 3.05) is 13.2 Å². The van der Waals surface area contributed by atoms with Crippen LogP contribution in [0.1, 0.15) is 40.0 Å². The molecule has 1 unspecified atom stereocenters. The fourth-order valence-corrected chi connectivity index (χ4v) is 2.17. The Balaban J connectivity index is 1.96. The normalized spacial score (nSPS) is 30.1. The van der Waals surface area contributed by atoms with E-state index in [-0.39, 0.29) is 18.2 Å². The number of piperidine rings is 1. The Morgan fingerprint density at radius 2 is 2.06 bits per heavy atom. The first-order valence-corrected chi connectivity index (χ1v) is 6.08. The zero-order chi connectivity index (χ0) is 11.8. The number of nitrogens with zero attached hydrogens (tertiary/aromatic N) is 1. The summed E-state index contributed by atoms with van der Waals surface area (Å²) in [4.78, 5) is 13.9. The summed E-state index contributed by atoms with van der Waals surface area (Å²) in [5.41, 5.74) is -0.413. The highest BCUT2D eigenvalue weighted by Crippen LogP contribution is 2.28. The number of epoxide rings is 1. The number of hydrogen-bond donors (Lipinski definition) is 0. The van der Waals surface area contributed by atoms with Crippen molar-refractivity contribution in [3.63, 3.8) is 0 Å². The van der Waals surface area contributed by atoms with Crippen LogP contribution in [0, 0.1) is 0 Å². The molecule has 0 spiro atoms. The topological polar surface area (TPSA) is 42.1 Å². The van der Waals surface area contributed by atoms with Crippen molar-refractivity contribution < 1.29 is 14.3 Å². The highest BCUT2D eigenvalue weighted by molar-refractivity contribution is 5.68. The Kier molecular flexibility index (Phi) is 3.10. The van der Waals surface area contributed by atoms with Gasteiger partial charge in [-0.2, -0.15) is 0 Å². The molecule has 4 nitrogen and oxygen atoms in total. The minimum Gasteiger partial charge on any atom is -0.444 e. The Morgan fingerprint density at radius 1 is 1.38 bits per heavy atom. The Morgan fingerprint density at radius 3 is 2.62 bits per heavy atom. The van der Waals surface area contributed by atoms with Crippen molar-refractivity contribution in [3.05, 3.63) is 0 Å². The van der Waals surface area contributed by atoms with E-state index in [9.17, 15) is 4.79 Å². The van der Waals surface area contributed by atoms with Gasteiger partial charge >= 0.3 is 6.09 Å². The molecule has 0 radical (unpaired) electrons. The lowest BCUT2D eigenvalue weighted by molar-refractivity contribution is 0.00626. The molecule has 0 aromatic rings. The second-order valence-corrected chi connectivity index (χ2v) is 5.61. The average Bonchev–Trinajstić information content (AvgIpc) is 2.98. The molecule has 2 fully saturated rings. The Hall–Kier alpha value is -0.770. The van der Waals surface area contributed by atoms with Crippen LogP contribution >= 0.6 is 0 Å². The van der Waals surface area contributed by atoms with E-state index >= 15 is 0 Å². The Bertz CT molecular complexity index is 268. The molecule has 0 saturated carbocycles. The highest BCUT2D eigenvalue weighted by atomic mass is 16.6. The highest BCUT2D eigenvalue weighted by Gasteiger charge is 2.41. The molecule has 4 heteroatoms. The number of carbonyl (C=O) groups is 1. The number of likely N-dealkylation sites (tertiary alicyclic amines) is 1. The van der Waals surface area contributed by atoms with Crippen molar-refractivity contribution in [1.29, 1.82) is 0 Å². The summed E-state index contributed by atoms with van der Waals surface area (Å²) in [7, 11) is 0. The third-order valence-corrected chi connectivity index (χ3v) is 2.97. The number of carbonyl (C=O) groups excluding carboxylic acids is 1. The number of amides is 1. The number of rotatable bonds is 1. The third kappa shape index (κ3) is 2.88. The molecule has 1 amide bonds. The summed E-state index contributed by atoms with van der Waals surface area (Å²) in [6, 6.07) is 0.239. The average molecular weight is 227 g/mol. The maximum Gasteiger partial charge on any atom is 0.410 e. The summed E-state index contributed by atoms with van der Waals surface area (Å²) in [5.74, 6) is 0. The second kappa shape index (κ2) is 4.24. The summed E-state index contributed by atoms with van der Waals surface area (Å²) in [6.45, 7) is 7.30. The molecule has 0 aliphatic carbocycles. The zero-order valence-electron chi connectivity index (χ0n) is 10.4. The van der Waals surface area contributed by atoms with Crippen LogP contribution in [0.3, 0.4) is 0 Å². The predicted octanol–water partition coefficient (Wildman–Crippen LogP) is 2.17.